The average Bonchev–Trinajstić information content (AvgIpc) is 2.53. The van der Waals surface area contributed by atoms with E-state index in [1.165, 1.54) is 18.2 Å². The molecule has 0 saturated carbocycles. The lowest BCUT2D eigenvalue weighted by Gasteiger charge is -2.09. The smallest absolute Gasteiger partial charge is 0.251 e. The maximum absolute atomic E-state index is 12.8. The fraction of sp³-hybridized carbons (Fsp3) is 0.235. The number of anilines is 1. The Balaban J connectivity index is 2.02. The van der Waals surface area contributed by atoms with Gasteiger partial charge in [-0.3, -0.25) is 9.52 Å². The van der Waals surface area contributed by atoms with Crippen LogP contribution in [0.15, 0.2) is 48.5 Å². The van der Waals surface area contributed by atoms with Crippen LogP contribution in [0.4, 0.5) is 10.1 Å². The fourth-order valence-corrected chi connectivity index (χ4v) is 3.24. The van der Waals surface area contributed by atoms with Gasteiger partial charge in [-0.05, 0) is 42.3 Å². The molecule has 5 nitrogen and oxygen atoms in total. The van der Waals surface area contributed by atoms with Gasteiger partial charge in [-0.1, -0.05) is 25.1 Å². The van der Waals surface area contributed by atoms with Crippen molar-refractivity contribution in [3.05, 3.63) is 65.5 Å². The number of carbonyl (C=O) groups is 1. The summed E-state index contributed by atoms with van der Waals surface area (Å²) in [6, 6.07) is 12.1. The van der Waals surface area contributed by atoms with E-state index in [4.69, 9.17) is 0 Å². The quantitative estimate of drug-likeness (QED) is 0.806. The standard InChI is InChI=1S/C17H19FN2O3S/c1-2-10-24(22,23)20-16-5-3-4-14(11-16)17(21)19-12-13-6-8-15(18)9-7-13/h3-9,11,20H,2,10,12H2,1H3,(H,19,21). The molecule has 2 aromatic carbocycles. The number of halogens is 1. The molecule has 1 amide bonds. The van der Waals surface area contributed by atoms with Crippen molar-refractivity contribution in [2.24, 2.45) is 0 Å². The van der Waals surface area contributed by atoms with E-state index in [2.05, 4.69) is 10.0 Å². The van der Waals surface area contributed by atoms with Gasteiger partial charge in [0.05, 0.1) is 5.75 Å². The first-order chi connectivity index (χ1) is 11.4. The third-order valence-corrected chi connectivity index (χ3v) is 4.73. The van der Waals surface area contributed by atoms with Crippen molar-refractivity contribution in [2.45, 2.75) is 19.9 Å². The molecule has 0 aliphatic heterocycles. The second-order valence-electron chi connectivity index (χ2n) is 5.31. The summed E-state index contributed by atoms with van der Waals surface area (Å²) >= 11 is 0. The van der Waals surface area contributed by atoms with Crippen molar-refractivity contribution in [3.8, 4) is 0 Å². The van der Waals surface area contributed by atoms with Gasteiger partial charge in [-0.25, -0.2) is 12.8 Å². The highest BCUT2D eigenvalue weighted by Crippen LogP contribution is 2.13. The lowest BCUT2D eigenvalue weighted by Crippen LogP contribution is -2.23. The first-order valence-electron chi connectivity index (χ1n) is 7.53. The Morgan fingerprint density at radius 2 is 1.83 bits per heavy atom. The Morgan fingerprint density at radius 3 is 2.50 bits per heavy atom. The van der Waals surface area contributed by atoms with Crippen molar-refractivity contribution in [3.63, 3.8) is 0 Å². The highest BCUT2D eigenvalue weighted by Gasteiger charge is 2.11. The first kappa shape index (κ1) is 17.9. The highest BCUT2D eigenvalue weighted by molar-refractivity contribution is 7.92. The van der Waals surface area contributed by atoms with E-state index in [-0.39, 0.29) is 24.0 Å². The molecule has 0 fully saturated rings. The maximum atomic E-state index is 12.8. The topological polar surface area (TPSA) is 75.3 Å². The normalized spacial score (nSPS) is 11.1. The maximum Gasteiger partial charge on any atom is 0.251 e. The summed E-state index contributed by atoms with van der Waals surface area (Å²) in [4.78, 5) is 12.2. The molecule has 0 atom stereocenters. The van der Waals surface area contributed by atoms with Gasteiger partial charge >= 0.3 is 0 Å². The van der Waals surface area contributed by atoms with Crippen molar-refractivity contribution in [2.75, 3.05) is 10.5 Å². The highest BCUT2D eigenvalue weighted by atomic mass is 32.2. The lowest BCUT2D eigenvalue weighted by atomic mass is 10.1. The summed E-state index contributed by atoms with van der Waals surface area (Å²) in [5.74, 6) is -0.651. The number of nitrogens with one attached hydrogen (secondary N) is 2. The molecule has 0 unspecified atom stereocenters. The van der Waals surface area contributed by atoms with Gasteiger partial charge in [-0.15, -0.1) is 0 Å². The first-order valence-corrected chi connectivity index (χ1v) is 9.18. The number of amides is 1. The minimum absolute atomic E-state index is 0.0218. The molecule has 7 heteroatoms. The van der Waals surface area contributed by atoms with E-state index in [0.717, 1.165) is 5.56 Å². The van der Waals surface area contributed by atoms with Gasteiger partial charge in [-0.2, -0.15) is 0 Å². The summed E-state index contributed by atoms with van der Waals surface area (Å²) in [6.07, 6.45) is 0.507. The van der Waals surface area contributed by atoms with E-state index in [1.807, 2.05) is 0 Å². The van der Waals surface area contributed by atoms with Crippen LogP contribution in [0.1, 0.15) is 29.3 Å². The molecule has 0 heterocycles. The van der Waals surface area contributed by atoms with Gasteiger partial charge in [0.2, 0.25) is 10.0 Å². The van der Waals surface area contributed by atoms with Crippen LogP contribution in [-0.4, -0.2) is 20.1 Å². The molecule has 0 radical (unpaired) electrons. The Hall–Kier alpha value is -2.41. The molecule has 2 aromatic rings. The molecule has 2 N–H and O–H groups in total. The molecule has 24 heavy (non-hydrogen) atoms. The predicted molar refractivity (Wildman–Crippen MR) is 91.7 cm³/mol. The number of hydrogen-bond donors (Lipinski definition) is 2. The number of rotatable bonds is 7. The summed E-state index contributed by atoms with van der Waals surface area (Å²) in [7, 11) is -3.40. The Kier molecular flexibility index (Phi) is 5.92. The molecule has 0 aromatic heterocycles. The van der Waals surface area contributed by atoms with E-state index >= 15 is 0 Å². The van der Waals surface area contributed by atoms with Crippen LogP contribution >= 0.6 is 0 Å². The van der Waals surface area contributed by atoms with Gasteiger partial charge in [0.1, 0.15) is 5.82 Å². The van der Waals surface area contributed by atoms with Crippen LogP contribution in [0.5, 0.6) is 0 Å². The van der Waals surface area contributed by atoms with Crippen molar-refractivity contribution < 1.29 is 17.6 Å². The summed E-state index contributed by atoms with van der Waals surface area (Å²) < 4.78 is 38.8. The Bertz CT molecular complexity index is 805. The molecule has 0 bridgehead atoms. The predicted octanol–water partition coefficient (Wildman–Crippen LogP) is 2.91. The number of carbonyl (C=O) groups excluding carboxylic acids is 1. The summed E-state index contributed by atoms with van der Waals surface area (Å²) in [5, 5.41) is 2.71. The Morgan fingerprint density at radius 1 is 1.12 bits per heavy atom. The summed E-state index contributed by atoms with van der Waals surface area (Å²) in [6.45, 7) is 2.03. The van der Waals surface area contributed by atoms with E-state index in [1.54, 1.807) is 37.3 Å². The molecule has 2 rings (SSSR count). The zero-order valence-corrected chi connectivity index (χ0v) is 14.1. The molecule has 0 aliphatic rings. The minimum Gasteiger partial charge on any atom is -0.348 e. The molecule has 0 aliphatic carbocycles. The van der Waals surface area contributed by atoms with Crippen molar-refractivity contribution in [1.82, 2.24) is 5.32 Å². The van der Waals surface area contributed by atoms with Crippen molar-refractivity contribution in [1.29, 1.82) is 0 Å². The number of sulfonamides is 1. The van der Waals surface area contributed by atoms with Crippen LogP contribution in [-0.2, 0) is 16.6 Å². The SMILES string of the molecule is CCCS(=O)(=O)Nc1cccc(C(=O)NCc2ccc(F)cc2)c1. The molecule has 0 spiro atoms. The molecule has 128 valence electrons. The van der Waals surface area contributed by atoms with Gasteiger partial charge < -0.3 is 5.32 Å². The second-order valence-corrected chi connectivity index (χ2v) is 7.15. The second kappa shape index (κ2) is 7.92. The van der Waals surface area contributed by atoms with Crippen LogP contribution in [0.3, 0.4) is 0 Å². The van der Waals surface area contributed by atoms with E-state index in [0.29, 0.717) is 17.7 Å². The largest absolute Gasteiger partial charge is 0.348 e. The van der Waals surface area contributed by atoms with Gasteiger partial charge in [0, 0.05) is 17.8 Å². The minimum atomic E-state index is -3.40. The molecular formula is C17H19FN2O3S. The zero-order valence-electron chi connectivity index (χ0n) is 13.3. The van der Waals surface area contributed by atoms with Crippen molar-refractivity contribution >= 4 is 21.6 Å². The lowest BCUT2D eigenvalue weighted by molar-refractivity contribution is 0.0951. The van der Waals surface area contributed by atoms with Gasteiger partial charge in [0.25, 0.3) is 5.91 Å². The molecular weight excluding hydrogens is 331 g/mol. The monoisotopic (exact) mass is 350 g/mol. The number of benzene rings is 2. The zero-order chi connectivity index (χ0) is 17.6. The van der Waals surface area contributed by atoms with E-state index < -0.39 is 10.0 Å². The van der Waals surface area contributed by atoms with Crippen LogP contribution < -0.4 is 10.0 Å². The fourth-order valence-electron chi connectivity index (χ4n) is 2.11. The van der Waals surface area contributed by atoms with Crippen LogP contribution in [0, 0.1) is 5.82 Å². The van der Waals surface area contributed by atoms with Gasteiger partial charge in [0.15, 0.2) is 0 Å². The number of hydrogen-bond acceptors (Lipinski definition) is 3. The van der Waals surface area contributed by atoms with E-state index in [9.17, 15) is 17.6 Å². The average molecular weight is 350 g/mol. The van der Waals surface area contributed by atoms with Crippen LogP contribution in [0.2, 0.25) is 0 Å². The molecule has 0 saturated heterocycles. The summed E-state index contributed by atoms with van der Waals surface area (Å²) in [5.41, 5.74) is 1.45. The third kappa shape index (κ3) is 5.34. The Labute approximate surface area is 141 Å². The third-order valence-electron chi connectivity index (χ3n) is 3.24. The van der Waals surface area contributed by atoms with Crippen LogP contribution in [0.25, 0.3) is 0 Å².